The largest absolute Gasteiger partial charge is 0.321 e. The first kappa shape index (κ1) is 11.5. The van der Waals surface area contributed by atoms with Gasteiger partial charge in [-0.15, -0.1) is 0 Å². The van der Waals surface area contributed by atoms with Crippen molar-refractivity contribution in [1.82, 2.24) is 0 Å². The Morgan fingerprint density at radius 3 is 2.55 bits per heavy atom. The number of allylic oxidation sites excluding steroid dienone is 1. The van der Waals surface area contributed by atoms with Crippen molar-refractivity contribution < 1.29 is 4.79 Å². The molecule has 0 saturated carbocycles. The lowest BCUT2D eigenvalue weighted by Crippen LogP contribution is -2.05. The van der Waals surface area contributed by atoms with Gasteiger partial charge < -0.3 is 5.32 Å². The molecule has 1 unspecified atom stereocenters. The third-order valence-electron chi connectivity index (χ3n) is 4.30. The number of hydrogen-bond donors (Lipinski definition) is 1. The van der Waals surface area contributed by atoms with E-state index >= 15 is 0 Å². The average Bonchev–Trinajstić information content (AvgIpc) is 2.96. The lowest BCUT2D eigenvalue weighted by Gasteiger charge is -2.05. The molecular formula is C18H15NO. The maximum atomic E-state index is 12.4. The van der Waals surface area contributed by atoms with Crippen molar-refractivity contribution in [3.63, 3.8) is 0 Å². The van der Waals surface area contributed by atoms with Gasteiger partial charge in [-0.2, -0.15) is 0 Å². The Labute approximate surface area is 118 Å². The van der Waals surface area contributed by atoms with E-state index in [2.05, 4.69) is 36.5 Å². The Kier molecular flexibility index (Phi) is 2.34. The molecule has 0 spiro atoms. The summed E-state index contributed by atoms with van der Waals surface area (Å²) in [5.74, 6) is 0.513. The van der Waals surface area contributed by atoms with Crippen molar-refractivity contribution in [2.75, 3.05) is 5.32 Å². The molecule has 1 N–H and O–H groups in total. The molecule has 2 aliphatic rings. The van der Waals surface area contributed by atoms with E-state index in [4.69, 9.17) is 0 Å². The molecule has 0 fully saturated rings. The number of fused-ring (bicyclic) bond motifs is 2. The van der Waals surface area contributed by atoms with Crippen LogP contribution >= 0.6 is 0 Å². The minimum absolute atomic E-state index is 0.0325. The number of anilines is 1. The number of carbonyl (C=O) groups excluding carboxylic acids is 1. The number of para-hydroxylation sites is 1. The summed E-state index contributed by atoms with van der Waals surface area (Å²) in [6, 6.07) is 16.4. The Balaban J connectivity index is 1.99. The molecule has 98 valence electrons. The molecule has 0 bridgehead atoms. The molecular weight excluding hydrogens is 246 g/mol. The summed E-state index contributed by atoms with van der Waals surface area (Å²) in [6.07, 6.45) is 0.941. The highest BCUT2D eigenvalue weighted by Crippen LogP contribution is 2.47. The molecule has 0 saturated heterocycles. The van der Waals surface area contributed by atoms with Gasteiger partial charge in [0.2, 0.25) is 0 Å². The molecule has 2 heteroatoms. The molecule has 1 amide bonds. The van der Waals surface area contributed by atoms with Gasteiger partial charge in [-0.25, -0.2) is 0 Å². The van der Waals surface area contributed by atoms with E-state index in [-0.39, 0.29) is 5.91 Å². The molecule has 20 heavy (non-hydrogen) atoms. The van der Waals surface area contributed by atoms with Crippen molar-refractivity contribution in [1.29, 1.82) is 0 Å². The molecule has 0 aromatic heterocycles. The highest BCUT2D eigenvalue weighted by molar-refractivity contribution is 6.37. The Hall–Kier alpha value is -2.35. The van der Waals surface area contributed by atoms with Crippen LogP contribution in [0.2, 0.25) is 0 Å². The third kappa shape index (κ3) is 1.48. The average molecular weight is 261 g/mol. The molecule has 2 aromatic rings. The highest BCUT2D eigenvalue weighted by atomic mass is 16.2. The first-order valence-corrected chi connectivity index (χ1v) is 6.99. The summed E-state index contributed by atoms with van der Waals surface area (Å²) in [4.78, 5) is 12.4. The van der Waals surface area contributed by atoms with Crippen LogP contribution in [-0.4, -0.2) is 5.91 Å². The molecule has 0 radical (unpaired) electrons. The van der Waals surface area contributed by atoms with Crippen molar-refractivity contribution >= 4 is 22.7 Å². The summed E-state index contributed by atoms with van der Waals surface area (Å²) >= 11 is 0. The smallest absolute Gasteiger partial charge is 0.256 e. The van der Waals surface area contributed by atoms with Crippen molar-refractivity contribution in [2.45, 2.75) is 19.3 Å². The fraction of sp³-hybridized carbons (Fsp3) is 0.167. The maximum absolute atomic E-state index is 12.4. The Bertz CT molecular complexity index is 758. The van der Waals surface area contributed by atoms with Crippen LogP contribution in [0.3, 0.4) is 0 Å². The standard InChI is InChI=1S/C18H15NO/c1-11-10-15(13-7-3-2-6-12(11)13)17-14-8-4-5-9-16(14)19-18(17)20/h2-9,11H,10H2,1H3,(H,19,20)/b17-15+. The summed E-state index contributed by atoms with van der Waals surface area (Å²) in [6.45, 7) is 2.23. The normalized spacial score (nSPS) is 23.4. The number of hydrogen-bond acceptors (Lipinski definition) is 1. The van der Waals surface area contributed by atoms with Gasteiger partial charge in [-0.1, -0.05) is 49.4 Å². The molecule has 2 aromatic carbocycles. The highest BCUT2D eigenvalue weighted by Gasteiger charge is 2.32. The second-order valence-corrected chi connectivity index (χ2v) is 5.55. The summed E-state index contributed by atoms with van der Waals surface area (Å²) in [7, 11) is 0. The summed E-state index contributed by atoms with van der Waals surface area (Å²) < 4.78 is 0. The number of nitrogens with one attached hydrogen (secondary N) is 1. The molecule has 4 rings (SSSR count). The fourth-order valence-electron chi connectivity index (χ4n) is 3.38. The zero-order valence-corrected chi connectivity index (χ0v) is 11.3. The lowest BCUT2D eigenvalue weighted by atomic mass is 9.96. The molecule has 1 aliphatic carbocycles. The maximum Gasteiger partial charge on any atom is 0.256 e. The van der Waals surface area contributed by atoms with Gasteiger partial charge in [-0.3, -0.25) is 4.79 Å². The van der Waals surface area contributed by atoms with E-state index in [1.165, 1.54) is 16.7 Å². The topological polar surface area (TPSA) is 29.1 Å². The van der Waals surface area contributed by atoms with Gasteiger partial charge in [0.05, 0.1) is 5.57 Å². The first-order valence-electron chi connectivity index (χ1n) is 6.99. The van der Waals surface area contributed by atoms with Gasteiger partial charge in [0.15, 0.2) is 0 Å². The SMILES string of the molecule is CC1C/C(=C2\C(=O)Nc3ccccc32)c2ccccc21. The van der Waals surface area contributed by atoms with Crippen molar-refractivity contribution in [2.24, 2.45) is 0 Å². The number of amides is 1. The third-order valence-corrected chi connectivity index (χ3v) is 4.30. The number of benzene rings is 2. The van der Waals surface area contributed by atoms with Crippen LogP contribution in [0.25, 0.3) is 11.1 Å². The van der Waals surface area contributed by atoms with E-state index in [1.807, 2.05) is 24.3 Å². The van der Waals surface area contributed by atoms with E-state index in [0.29, 0.717) is 5.92 Å². The van der Waals surface area contributed by atoms with Crippen LogP contribution in [0.1, 0.15) is 36.0 Å². The van der Waals surface area contributed by atoms with Crippen LogP contribution in [0.15, 0.2) is 48.5 Å². The zero-order chi connectivity index (χ0) is 13.7. The molecule has 2 nitrogen and oxygen atoms in total. The van der Waals surface area contributed by atoms with Crippen LogP contribution in [0, 0.1) is 0 Å². The first-order chi connectivity index (χ1) is 9.75. The fourth-order valence-corrected chi connectivity index (χ4v) is 3.38. The monoisotopic (exact) mass is 261 g/mol. The summed E-state index contributed by atoms with van der Waals surface area (Å²) in [5.41, 5.74) is 6.61. The van der Waals surface area contributed by atoms with Crippen molar-refractivity contribution in [3.8, 4) is 0 Å². The van der Waals surface area contributed by atoms with Gasteiger partial charge >= 0.3 is 0 Å². The molecule has 1 heterocycles. The molecule has 1 atom stereocenters. The second kappa shape index (κ2) is 4.07. The van der Waals surface area contributed by atoms with Gasteiger partial charge in [0, 0.05) is 11.3 Å². The van der Waals surface area contributed by atoms with Crippen LogP contribution in [-0.2, 0) is 4.79 Å². The van der Waals surface area contributed by atoms with Gasteiger partial charge in [-0.05, 0) is 35.1 Å². The molecule has 1 aliphatic heterocycles. The van der Waals surface area contributed by atoms with Crippen LogP contribution < -0.4 is 5.32 Å². The predicted octanol–water partition coefficient (Wildman–Crippen LogP) is 4.06. The Morgan fingerprint density at radius 2 is 1.70 bits per heavy atom. The number of carbonyl (C=O) groups is 1. The lowest BCUT2D eigenvalue weighted by molar-refractivity contribution is -0.110. The number of rotatable bonds is 0. The Morgan fingerprint density at radius 1 is 1.00 bits per heavy atom. The van der Waals surface area contributed by atoms with Gasteiger partial charge in [0.25, 0.3) is 5.91 Å². The van der Waals surface area contributed by atoms with Crippen molar-refractivity contribution in [3.05, 3.63) is 65.2 Å². The van der Waals surface area contributed by atoms with Crippen LogP contribution in [0.4, 0.5) is 5.69 Å². The quantitative estimate of drug-likeness (QED) is 0.712. The van der Waals surface area contributed by atoms with Crippen LogP contribution in [0.5, 0.6) is 0 Å². The van der Waals surface area contributed by atoms with Gasteiger partial charge in [0.1, 0.15) is 0 Å². The van der Waals surface area contributed by atoms with E-state index < -0.39 is 0 Å². The van der Waals surface area contributed by atoms with E-state index in [1.54, 1.807) is 0 Å². The minimum Gasteiger partial charge on any atom is -0.321 e. The zero-order valence-electron chi connectivity index (χ0n) is 11.3. The van der Waals surface area contributed by atoms with E-state index in [9.17, 15) is 4.79 Å². The second-order valence-electron chi connectivity index (χ2n) is 5.55. The minimum atomic E-state index is 0.0325. The van der Waals surface area contributed by atoms with E-state index in [0.717, 1.165) is 23.2 Å². The predicted molar refractivity (Wildman–Crippen MR) is 81.4 cm³/mol. The summed E-state index contributed by atoms with van der Waals surface area (Å²) in [5, 5.41) is 2.97.